The summed E-state index contributed by atoms with van der Waals surface area (Å²) in [5, 5.41) is 9.46. The maximum atomic E-state index is 13.1. The van der Waals surface area contributed by atoms with E-state index in [1.54, 1.807) is 0 Å². The van der Waals surface area contributed by atoms with Crippen LogP contribution in [0.5, 0.6) is 0 Å². The third-order valence-electron chi connectivity index (χ3n) is 7.67. The van der Waals surface area contributed by atoms with Crippen molar-refractivity contribution in [3.8, 4) is 0 Å². The normalized spacial score (nSPS) is 19.9. The smallest absolute Gasteiger partial charge is 0.226 e. The van der Waals surface area contributed by atoms with Crippen molar-refractivity contribution in [2.75, 3.05) is 11.9 Å². The van der Waals surface area contributed by atoms with Gasteiger partial charge in [0.05, 0.1) is 17.8 Å². The Kier molecular flexibility index (Phi) is 6.62. The molecule has 37 heavy (non-hydrogen) atoms. The van der Waals surface area contributed by atoms with Crippen LogP contribution in [-0.4, -0.2) is 32.0 Å². The average Bonchev–Trinajstić information content (AvgIpc) is 3.68. The first kappa shape index (κ1) is 23.7. The molecule has 2 N–H and O–H groups in total. The minimum atomic E-state index is -0.0788. The molecule has 1 saturated carbocycles. The van der Waals surface area contributed by atoms with Gasteiger partial charge in [-0.15, -0.1) is 0 Å². The van der Waals surface area contributed by atoms with E-state index < -0.39 is 0 Å². The molecule has 0 unspecified atom stereocenters. The molecule has 188 valence electrons. The zero-order chi connectivity index (χ0) is 25.2. The van der Waals surface area contributed by atoms with Crippen LogP contribution in [-0.2, 0) is 4.79 Å². The lowest BCUT2D eigenvalue weighted by atomic mass is 10.0. The van der Waals surface area contributed by atoms with Crippen LogP contribution in [0.25, 0.3) is 10.8 Å². The van der Waals surface area contributed by atoms with Crippen molar-refractivity contribution < 1.29 is 4.79 Å². The molecule has 3 heterocycles. The largest absolute Gasteiger partial charge is 0.352 e. The molecule has 2 aromatic heterocycles. The summed E-state index contributed by atoms with van der Waals surface area (Å²) < 4.78 is 2.44. The minimum absolute atomic E-state index is 0.0228. The van der Waals surface area contributed by atoms with Gasteiger partial charge in [-0.25, -0.2) is 0 Å². The second kappa shape index (κ2) is 10.3. The van der Waals surface area contributed by atoms with Gasteiger partial charge in [0.2, 0.25) is 5.91 Å². The molecular weight excluding hydrogens is 478 g/mol. The van der Waals surface area contributed by atoms with Crippen molar-refractivity contribution in [2.45, 2.75) is 50.2 Å². The van der Waals surface area contributed by atoms with Crippen LogP contribution < -0.4 is 10.6 Å². The van der Waals surface area contributed by atoms with E-state index in [1.165, 1.54) is 31.4 Å². The molecule has 2 fully saturated rings. The Morgan fingerprint density at radius 2 is 1.81 bits per heavy atom. The highest BCUT2D eigenvalue weighted by Crippen LogP contribution is 2.41. The first-order chi connectivity index (χ1) is 18.2. The SMILES string of the molecule is O=C(CCN1C(=S)N[C@@H](c2ccccn2)[C@H]1c1cccn1C1CCCC1)Nc1cccc2ccccc12. The molecule has 2 aliphatic rings. The first-order valence-corrected chi connectivity index (χ1v) is 13.5. The molecule has 1 saturated heterocycles. The van der Waals surface area contributed by atoms with Crippen LogP contribution >= 0.6 is 12.2 Å². The molecule has 6 rings (SSSR count). The van der Waals surface area contributed by atoms with Gasteiger partial charge in [-0.1, -0.05) is 55.3 Å². The summed E-state index contributed by atoms with van der Waals surface area (Å²) in [6, 6.07) is 24.8. The first-order valence-electron chi connectivity index (χ1n) is 13.1. The number of anilines is 1. The molecule has 2 atom stereocenters. The number of rotatable bonds is 7. The standard InChI is InChI=1S/C30H31N5OS/c36-27(32-24-15-7-10-21-9-1-4-13-23(21)24)17-20-35-29(26-16-8-19-34(26)22-11-2-3-12-22)28(33-30(35)37)25-14-5-6-18-31-25/h1,4-10,13-16,18-19,22,28-29H,2-3,11-12,17,20H2,(H,32,36)(H,33,37)/t28-,29+/m0/s1. The highest BCUT2D eigenvalue weighted by Gasteiger charge is 2.41. The van der Waals surface area contributed by atoms with Crippen LogP contribution in [0, 0.1) is 0 Å². The van der Waals surface area contributed by atoms with Crippen LogP contribution in [0.3, 0.4) is 0 Å². The van der Waals surface area contributed by atoms with Gasteiger partial charge >= 0.3 is 0 Å². The number of pyridine rings is 1. The van der Waals surface area contributed by atoms with Gasteiger partial charge in [-0.05, 0) is 60.8 Å². The molecule has 2 aromatic carbocycles. The molecule has 0 radical (unpaired) electrons. The molecule has 1 aliphatic heterocycles. The molecular formula is C30H31N5OS. The fourth-order valence-electron chi connectivity index (χ4n) is 5.91. The summed E-state index contributed by atoms with van der Waals surface area (Å²) in [6.07, 6.45) is 9.31. The predicted octanol–water partition coefficient (Wildman–Crippen LogP) is 6.15. The summed E-state index contributed by atoms with van der Waals surface area (Å²) in [5.74, 6) is -0.0228. The van der Waals surface area contributed by atoms with E-state index >= 15 is 0 Å². The van der Waals surface area contributed by atoms with Crippen LogP contribution in [0.4, 0.5) is 5.69 Å². The summed E-state index contributed by atoms with van der Waals surface area (Å²) in [7, 11) is 0. The Hall–Kier alpha value is -3.71. The number of hydrogen-bond acceptors (Lipinski definition) is 3. The van der Waals surface area contributed by atoms with Crippen LogP contribution in [0.2, 0.25) is 0 Å². The van der Waals surface area contributed by atoms with Gasteiger partial charge in [0, 0.05) is 48.2 Å². The van der Waals surface area contributed by atoms with E-state index in [4.69, 9.17) is 12.2 Å². The van der Waals surface area contributed by atoms with Gasteiger partial charge in [-0.3, -0.25) is 9.78 Å². The average molecular weight is 510 g/mol. The summed E-state index contributed by atoms with van der Waals surface area (Å²) in [6.45, 7) is 0.520. The zero-order valence-electron chi connectivity index (χ0n) is 20.7. The number of fused-ring (bicyclic) bond motifs is 1. The molecule has 0 bridgehead atoms. The molecule has 6 nitrogen and oxygen atoms in total. The Labute approximate surface area is 222 Å². The Morgan fingerprint density at radius 1 is 1.00 bits per heavy atom. The highest BCUT2D eigenvalue weighted by molar-refractivity contribution is 7.80. The van der Waals surface area contributed by atoms with Gasteiger partial charge in [0.15, 0.2) is 5.11 Å². The van der Waals surface area contributed by atoms with Crippen molar-refractivity contribution in [1.82, 2.24) is 19.8 Å². The quantitative estimate of drug-likeness (QED) is 0.293. The monoisotopic (exact) mass is 509 g/mol. The number of carbonyl (C=O) groups is 1. The van der Waals surface area contributed by atoms with Crippen molar-refractivity contribution in [3.63, 3.8) is 0 Å². The number of thiocarbonyl (C=S) groups is 1. The van der Waals surface area contributed by atoms with Gasteiger partial charge in [0.25, 0.3) is 0 Å². The van der Waals surface area contributed by atoms with Crippen molar-refractivity contribution in [3.05, 3.63) is 96.6 Å². The van der Waals surface area contributed by atoms with Gasteiger partial charge < -0.3 is 20.1 Å². The summed E-state index contributed by atoms with van der Waals surface area (Å²) in [4.78, 5) is 20.0. The third kappa shape index (κ3) is 4.71. The lowest BCUT2D eigenvalue weighted by Gasteiger charge is -2.30. The fourth-order valence-corrected chi connectivity index (χ4v) is 6.24. The van der Waals surface area contributed by atoms with Crippen LogP contribution in [0.15, 0.2) is 85.2 Å². The second-order valence-corrected chi connectivity index (χ2v) is 10.3. The van der Waals surface area contributed by atoms with Gasteiger partial charge in [-0.2, -0.15) is 0 Å². The van der Waals surface area contributed by atoms with Gasteiger partial charge in [0.1, 0.15) is 0 Å². The van der Waals surface area contributed by atoms with Crippen LogP contribution in [0.1, 0.15) is 61.6 Å². The van der Waals surface area contributed by atoms with E-state index in [9.17, 15) is 4.79 Å². The fraction of sp³-hybridized carbons (Fsp3) is 0.300. The van der Waals surface area contributed by atoms with E-state index in [0.717, 1.165) is 22.2 Å². The molecule has 4 aromatic rings. The second-order valence-electron chi connectivity index (χ2n) is 9.92. The molecule has 7 heteroatoms. The Morgan fingerprint density at radius 3 is 2.65 bits per heavy atom. The molecule has 1 amide bonds. The topological polar surface area (TPSA) is 62.2 Å². The van der Waals surface area contributed by atoms with E-state index in [1.807, 2.05) is 54.7 Å². The summed E-state index contributed by atoms with van der Waals surface area (Å²) in [5.41, 5.74) is 3.02. The zero-order valence-corrected chi connectivity index (χ0v) is 21.5. The number of nitrogens with one attached hydrogen (secondary N) is 2. The van der Waals surface area contributed by atoms with Crippen molar-refractivity contribution in [2.24, 2.45) is 0 Å². The number of carbonyl (C=O) groups excluding carboxylic acids is 1. The number of nitrogens with zero attached hydrogens (tertiary/aromatic N) is 3. The minimum Gasteiger partial charge on any atom is -0.352 e. The Bertz CT molecular complexity index is 1410. The number of benzene rings is 2. The maximum absolute atomic E-state index is 13.1. The van der Waals surface area contributed by atoms with Crippen molar-refractivity contribution >= 4 is 39.7 Å². The molecule has 0 spiro atoms. The van der Waals surface area contributed by atoms with E-state index in [0.29, 0.717) is 24.1 Å². The van der Waals surface area contributed by atoms with Crippen molar-refractivity contribution in [1.29, 1.82) is 0 Å². The predicted molar refractivity (Wildman–Crippen MR) is 151 cm³/mol. The summed E-state index contributed by atoms with van der Waals surface area (Å²) >= 11 is 5.84. The third-order valence-corrected chi connectivity index (χ3v) is 8.03. The highest BCUT2D eigenvalue weighted by atomic mass is 32.1. The molecule has 1 aliphatic carbocycles. The lowest BCUT2D eigenvalue weighted by molar-refractivity contribution is -0.116. The number of amides is 1. The Balaban J connectivity index is 1.25. The lowest BCUT2D eigenvalue weighted by Crippen LogP contribution is -2.33. The van der Waals surface area contributed by atoms with E-state index in [-0.39, 0.29) is 18.0 Å². The van der Waals surface area contributed by atoms with E-state index in [2.05, 4.69) is 55.5 Å². The number of aromatic nitrogens is 2. The maximum Gasteiger partial charge on any atom is 0.226 e. The number of hydrogen-bond donors (Lipinski definition) is 2.